The van der Waals surface area contributed by atoms with Gasteiger partial charge in [0, 0.05) is 23.5 Å². The topological polar surface area (TPSA) is 108 Å². The number of hydrogen-bond acceptors (Lipinski definition) is 4. The van der Waals surface area contributed by atoms with Crippen LogP contribution in [0.3, 0.4) is 0 Å². The van der Waals surface area contributed by atoms with Crippen molar-refractivity contribution in [3.8, 4) is 5.75 Å². The molecule has 1 fully saturated rings. The van der Waals surface area contributed by atoms with Gasteiger partial charge >= 0.3 is 18.4 Å². The number of nitrogens with zero attached hydrogens (tertiary/aromatic N) is 1. The van der Waals surface area contributed by atoms with Gasteiger partial charge in [-0.05, 0) is 72.4 Å². The summed E-state index contributed by atoms with van der Waals surface area (Å²) in [7, 11) is 0. The van der Waals surface area contributed by atoms with E-state index in [1.807, 2.05) is 12.1 Å². The van der Waals surface area contributed by atoms with Crippen LogP contribution >= 0.6 is 0 Å². The van der Waals surface area contributed by atoms with Crippen molar-refractivity contribution in [1.82, 2.24) is 5.32 Å². The van der Waals surface area contributed by atoms with Crippen molar-refractivity contribution in [2.45, 2.75) is 57.3 Å². The quantitative estimate of drug-likeness (QED) is 0.237. The van der Waals surface area contributed by atoms with Crippen molar-refractivity contribution < 1.29 is 37.4 Å². The second kappa shape index (κ2) is 13.9. The average Bonchev–Trinajstić information content (AvgIpc) is 2.97. The highest BCUT2D eigenvalue weighted by molar-refractivity contribution is 6.03. The van der Waals surface area contributed by atoms with Crippen LogP contribution in [-0.2, 0) is 11.3 Å². The first-order chi connectivity index (χ1) is 20.1. The summed E-state index contributed by atoms with van der Waals surface area (Å²) in [6.07, 6.45) is 0.924. The van der Waals surface area contributed by atoms with Crippen molar-refractivity contribution in [3.63, 3.8) is 0 Å². The molecule has 42 heavy (non-hydrogen) atoms. The number of urea groups is 1. The maximum Gasteiger partial charge on any atom is 0.573 e. The molecule has 1 aliphatic rings. The maximum atomic E-state index is 13.5. The predicted octanol–water partition coefficient (Wildman–Crippen LogP) is 7.08. The van der Waals surface area contributed by atoms with E-state index in [9.17, 15) is 27.6 Å². The van der Waals surface area contributed by atoms with Gasteiger partial charge in [0.15, 0.2) is 0 Å². The zero-order valence-electron chi connectivity index (χ0n) is 22.8. The average molecular weight is 584 g/mol. The minimum absolute atomic E-state index is 0.0516. The van der Waals surface area contributed by atoms with Crippen LogP contribution in [0.15, 0.2) is 72.8 Å². The Morgan fingerprint density at radius 2 is 1.62 bits per heavy atom. The van der Waals surface area contributed by atoms with E-state index in [-0.39, 0.29) is 30.8 Å². The van der Waals surface area contributed by atoms with Gasteiger partial charge in [0.25, 0.3) is 5.91 Å². The molecule has 11 heteroatoms. The Morgan fingerprint density at radius 1 is 0.929 bits per heavy atom. The van der Waals surface area contributed by atoms with Crippen molar-refractivity contribution in [2.24, 2.45) is 0 Å². The van der Waals surface area contributed by atoms with E-state index in [1.165, 1.54) is 47.9 Å². The molecule has 3 N–H and O–H groups in total. The number of benzene rings is 3. The fourth-order valence-corrected chi connectivity index (χ4v) is 4.93. The molecule has 0 spiro atoms. The van der Waals surface area contributed by atoms with Gasteiger partial charge < -0.3 is 20.5 Å². The van der Waals surface area contributed by atoms with E-state index < -0.39 is 30.0 Å². The number of nitrogens with one attached hydrogen (secondary N) is 2. The van der Waals surface area contributed by atoms with Gasteiger partial charge in [-0.1, -0.05) is 49.6 Å². The first-order valence-corrected chi connectivity index (χ1v) is 13.7. The zero-order valence-corrected chi connectivity index (χ0v) is 22.8. The molecule has 0 aliphatic heterocycles. The lowest BCUT2D eigenvalue weighted by atomic mass is 9.84. The molecule has 1 aliphatic carbocycles. The lowest BCUT2D eigenvalue weighted by Crippen LogP contribution is -2.35. The summed E-state index contributed by atoms with van der Waals surface area (Å²) in [4.78, 5) is 38.3. The Bertz CT molecular complexity index is 1370. The molecule has 0 bridgehead atoms. The number of hydrogen-bond donors (Lipinski definition) is 3. The highest BCUT2D eigenvalue weighted by atomic mass is 19.4. The van der Waals surface area contributed by atoms with E-state index in [2.05, 4.69) is 27.5 Å². The summed E-state index contributed by atoms with van der Waals surface area (Å²) in [5.41, 5.74) is 2.98. The smallest absolute Gasteiger partial charge is 0.481 e. The summed E-state index contributed by atoms with van der Waals surface area (Å²) in [5.74, 6) is -1.43. The van der Waals surface area contributed by atoms with Gasteiger partial charge in [-0.15, -0.1) is 13.2 Å². The van der Waals surface area contributed by atoms with Crippen LogP contribution in [0.2, 0.25) is 0 Å². The summed E-state index contributed by atoms with van der Waals surface area (Å²) in [6, 6.07) is 18.6. The standard InChI is InChI=1S/C31H32F3N3O5/c32-31(33,34)42-27-15-13-25(14-16-27)36-30(41)37(20-21-9-11-23(12-10-21)22-5-2-1-3-6-22)26-8-4-7-24(19-26)29(40)35-18-17-28(38)39/h4,7-16,19,22H,1-3,5-6,17-18,20H2,(H,35,40)(H,36,41)(H,38,39). The van der Waals surface area contributed by atoms with E-state index in [0.29, 0.717) is 11.6 Å². The number of rotatable bonds is 10. The molecule has 1 saturated carbocycles. The summed E-state index contributed by atoms with van der Waals surface area (Å²) in [6.45, 7) is 0.0973. The van der Waals surface area contributed by atoms with Gasteiger partial charge in [-0.25, -0.2) is 4.79 Å². The van der Waals surface area contributed by atoms with Gasteiger partial charge in [0.05, 0.1) is 13.0 Å². The molecular weight excluding hydrogens is 551 g/mol. The van der Waals surface area contributed by atoms with Gasteiger partial charge in [0.1, 0.15) is 5.75 Å². The molecule has 8 nitrogen and oxygen atoms in total. The number of aliphatic carboxylic acids is 1. The molecule has 3 aromatic carbocycles. The van der Waals surface area contributed by atoms with Crippen LogP contribution in [0, 0.1) is 0 Å². The fourth-order valence-electron chi connectivity index (χ4n) is 4.93. The van der Waals surface area contributed by atoms with Crippen molar-refractivity contribution in [2.75, 3.05) is 16.8 Å². The Hall–Kier alpha value is -4.54. The lowest BCUT2D eigenvalue weighted by molar-refractivity contribution is -0.274. The highest BCUT2D eigenvalue weighted by Crippen LogP contribution is 2.33. The number of halogens is 3. The normalized spacial score (nSPS) is 13.7. The van der Waals surface area contributed by atoms with Crippen LogP contribution in [0.1, 0.15) is 65.9 Å². The summed E-state index contributed by atoms with van der Waals surface area (Å²) in [5, 5.41) is 14.1. The molecule has 0 saturated heterocycles. The van der Waals surface area contributed by atoms with Crippen LogP contribution in [0.25, 0.3) is 0 Å². The van der Waals surface area contributed by atoms with Gasteiger partial charge in [-0.2, -0.15) is 0 Å². The van der Waals surface area contributed by atoms with Crippen LogP contribution in [-0.4, -0.2) is 35.9 Å². The number of carbonyl (C=O) groups is 3. The second-order valence-corrected chi connectivity index (χ2v) is 10.1. The number of alkyl halides is 3. The predicted molar refractivity (Wildman–Crippen MR) is 152 cm³/mol. The zero-order chi connectivity index (χ0) is 30.1. The van der Waals surface area contributed by atoms with E-state index in [1.54, 1.807) is 18.2 Å². The van der Waals surface area contributed by atoms with Crippen LogP contribution < -0.4 is 20.3 Å². The largest absolute Gasteiger partial charge is 0.573 e. The Morgan fingerprint density at radius 3 is 2.26 bits per heavy atom. The molecule has 0 heterocycles. The SMILES string of the molecule is O=C(O)CCNC(=O)c1cccc(N(Cc2ccc(C3CCCCC3)cc2)C(=O)Nc2ccc(OC(F)(F)F)cc2)c1. The molecule has 0 unspecified atom stereocenters. The number of amides is 3. The molecule has 0 atom stereocenters. The number of carboxylic acid groups (broad SMARTS) is 1. The molecule has 3 amide bonds. The third-order valence-electron chi connectivity index (χ3n) is 7.03. The Balaban J connectivity index is 1.55. The molecule has 222 valence electrons. The van der Waals surface area contributed by atoms with Crippen molar-refractivity contribution >= 4 is 29.3 Å². The lowest BCUT2D eigenvalue weighted by Gasteiger charge is -2.25. The molecule has 4 rings (SSSR count). The van der Waals surface area contributed by atoms with Crippen molar-refractivity contribution in [1.29, 1.82) is 0 Å². The Labute approximate surface area is 241 Å². The fraction of sp³-hybridized carbons (Fsp3) is 0.323. The van der Waals surface area contributed by atoms with E-state index in [0.717, 1.165) is 30.5 Å². The van der Waals surface area contributed by atoms with Crippen LogP contribution in [0.4, 0.5) is 29.3 Å². The molecule has 0 aromatic heterocycles. The third kappa shape index (κ3) is 8.98. The second-order valence-electron chi connectivity index (χ2n) is 10.1. The number of carboxylic acids is 1. The van der Waals surface area contributed by atoms with Gasteiger partial charge in [-0.3, -0.25) is 14.5 Å². The first kappa shape index (κ1) is 30.4. The number of ether oxygens (including phenoxy) is 1. The number of anilines is 2. The van der Waals surface area contributed by atoms with Crippen LogP contribution in [0.5, 0.6) is 5.75 Å². The molecule has 3 aromatic rings. The monoisotopic (exact) mass is 583 g/mol. The minimum atomic E-state index is -4.83. The molecule has 0 radical (unpaired) electrons. The summed E-state index contributed by atoms with van der Waals surface area (Å²) >= 11 is 0. The first-order valence-electron chi connectivity index (χ1n) is 13.7. The third-order valence-corrected chi connectivity index (χ3v) is 7.03. The van der Waals surface area contributed by atoms with Gasteiger partial charge in [0.2, 0.25) is 0 Å². The summed E-state index contributed by atoms with van der Waals surface area (Å²) < 4.78 is 41.5. The Kier molecular flexibility index (Phi) is 10.1. The number of carbonyl (C=O) groups excluding carboxylic acids is 2. The van der Waals surface area contributed by atoms with E-state index >= 15 is 0 Å². The minimum Gasteiger partial charge on any atom is -0.481 e. The molecular formula is C31H32F3N3O5. The highest BCUT2D eigenvalue weighted by Gasteiger charge is 2.31. The maximum absolute atomic E-state index is 13.5. The van der Waals surface area contributed by atoms with E-state index in [4.69, 9.17) is 5.11 Å². The van der Waals surface area contributed by atoms with Crippen molar-refractivity contribution in [3.05, 3.63) is 89.5 Å².